The van der Waals surface area contributed by atoms with Gasteiger partial charge in [-0.05, 0) is 38.2 Å². The molecule has 1 amide bonds. The van der Waals surface area contributed by atoms with Crippen molar-refractivity contribution < 1.29 is 4.79 Å². The van der Waals surface area contributed by atoms with E-state index in [-0.39, 0.29) is 5.91 Å². The molecule has 23 heavy (non-hydrogen) atoms. The number of fused-ring (bicyclic) bond motifs is 1. The van der Waals surface area contributed by atoms with Gasteiger partial charge in [0.25, 0.3) is 0 Å². The largest absolute Gasteiger partial charge is 0.337 e. The van der Waals surface area contributed by atoms with Crippen molar-refractivity contribution >= 4 is 17.2 Å². The minimum atomic E-state index is -1.02. The Morgan fingerprint density at radius 3 is 2.70 bits per heavy atom. The number of carbonyl (C=O) groups excluding carboxylic acids is 1. The molecule has 1 heterocycles. The lowest BCUT2D eigenvalue weighted by molar-refractivity contribution is -0.136. The summed E-state index contributed by atoms with van der Waals surface area (Å²) in [5.74, 6) is -0.0862. The maximum absolute atomic E-state index is 12.8. The first-order chi connectivity index (χ1) is 11.0. The van der Waals surface area contributed by atoms with Crippen molar-refractivity contribution in [2.24, 2.45) is 5.73 Å². The molecule has 3 rings (SSSR count). The predicted molar refractivity (Wildman–Crippen MR) is 93.2 cm³/mol. The number of carbonyl (C=O) groups is 1. The predicted octanol–water partition coefficient (Wildman–Crippen LogP) is 2.85. The third-order valence-electron chi connectivity index (χ3n) is 4.43. The molecule has 0 saturated carbocycles. The second kappa shape index (κ2) is 6.42. The molecule has 0 radical (unpaired) electrons. The number of nitrogens with zero attached hydrogens (tertiary/aromatic N) is 2. The number of benzene rings is 1. The zero-order chi connectivity index (χ0) is 16.4. The van der Waals surface area contributed by atoms with Crippen molar-refractivity contribution in [1.29, 1.82) is 0 Å². The topological polar surface area (TPSA) is 59.2 Å². The van der Waals surface area contributed by atoms with Gasteiger partial charge in [0.1, 0.15) is 10.5 Å². The van der Waals surface area contributed by atoms with Gasteiger partial charge in [0.15, 0.2) is 0 Å². The molecular formula is C18H23N3OS. The number of hydrogen-bond acceptors (Lipinski definition) is 4. The molecular weight excluding hydrogens is 306 g/mol. The highest BCUT2D eigenvalue weighted by Crippen LogP contribution is 2.28. The van der Waals surface area contributed by atoms with E-state index in [4.69, 9.17) is 10.7 Å². The van der Waals surface area contributed by atoms with E-state index in [1.54, 1.807) is 30.2 Å². The maximum atomic E-state index is 12.8. The van der Waals surface area contributed by atoms with Gasteiger partial charge in [-0.15, -0.1) is 11.3 Å². The SMILES string of the molecule is CN(Cc1nc2c(s1)CCCC2)C(=O)C(C)(N)c1ccccc1. The van der Waals surface area contributed by atoms with Gasteiger partial charge in [-0.2, -0.15) is 0 Å². The second-order valence-corrected chi connectivity index (χ2v) is 7.58. The maximum Gasteiger partial charge on any atom is 0.247 e. The molecule has 0 bridgehead atoms. The van der Waals surface area contributed by atoms with Gasteiger partial charge in [0.05, 0.1) is 12.2 Å². The summed E-state index contributed by atoms with van der Waals surface area (Å²) in [4.78, 5) is 20.6. The van der Waals surface area contributed by atoms with Crippen molar-refractivity contribution in [1.82, 2.24) is 9.88 Å². The Bertz CT molecular complexity index is 670. The summed E-state index contributed by atoms with van der Waals surface area (Å²) in [5.41, 5.74) is 7.37. The molecule has 1 atom stereocenters. The molecule has 5 heteroatoms. The summed E-state index contributed by atoms with van der Waals surface area (Å²) in [7, 11) is 1.80. The Labute approximate surface area is 141 Å². The Morgan fingerprint density at radius 1 is 1.30 bits per heavy atom. The molecule has 1 aliphatic carbocycles. The standard InChI is InChI=1S/C18H23N3OS/c1-18(19,13-8-4-3-5-9-13)17(22)21(2)12-16-20-14-10-6-7-11-15(14)23-16/h3-5,8-9H,6-7,10-12,19H2,1-2H3. The van der Waals surface area contributed by atoms with Gasteiger partial charge >= 0.3 is 0 Å². The number of thiazole rings is 1. The van der Waals surface area contributed by atoms with Crippen LogP contribution in [0.25, 0.3) is 0 Å². The molecule has 1 aromatic carbocycles. The van der Waals surface area contributed by atoms with E-state index in [1.165, 1.54) is 23.4 Å². The van der Waals surface area contributed by atoms with Crippen LogP contribution in [0.3, 0.4) is 0 Å². The minimum Gasteiger partial charge on any atom is -0.337 e. The van der Waals surface area contributed by atoms with E-state index in [0.717, 1.165) is 23.4 Å². The first-order valence-corrected chi connectivity index (χ1v) is 8.87. The average Bonchev–Trinajstić information content (AvgIpc) is 2.97. The van der Waals surface area contributed by atoms with E-state index in [9.17, 15) is 4.79 Å². The Kier molecular flexibility index (Phi) is 4.50. The van der Waals surface area contributed by atoms with E-state index in [2.05, 4.69) is 0 Å². The van der Waals surface area contributed by atoms with E-state index in [1.807, 2.05) is 30.3 Å². The summed E-state index contributed by atoms with van der Waals surface area (Å²) in [5, 5.41) is 1.01. The molecule has 0 saturated heterocycles. The monoisotopic (exact) mass is 329 g/mol. The molecule has 0 fully saturated rings. The van der Waals surface area contributed by atoms with Gasteiger partial charge in [-0.3, -0.25) is 4.79 Å². The van der Waals surface area contributed by atoms with Crippen LogP contribution in [0.4, 0.5) is 0 Å². The molecule has 0 spiro atoms. The van der Waals surface area contributed by atoms with Crippen molar-refractivity contribution in [3.63, 3.8) is 0 Å². The third kappa shape index (κ3) is 3.31. The van der Waals surface area contributed by atoms with E-state index < -0.39 is 5.54 Å². The van der Waals surface area contributed by atoms with Crippen LogP contribution in [0.1, 0.15) is 40.9 Å². The molecule has 4 nitrogen and oxygen atoms in total. The highest BCUT2D eigenvalue weighted by atomic mass is 32.1. The van der Waals surface area contributed by atoms with Crippen molar-refractivity contribution in [3.8, 4) is 0 Å². The highest BCUT2D eigenvalue weighted by molar-refractivity contribution is 7.11. The van der Waals surface area contributed by atoms with Gasteiger partial charge in [0, 0.05) is 11.9 Å². The van der Waals surface area contributed by atoms with Gasteiger partial charge in [-0.25, -0.2) is 4.98 Å². The fourth-order valence-corrected chi connectivity index (χ4v) is 4.26. The number of aryl methyl sites for hydroxylation is 2. The molecule has 1 aromatic heterocycles. The summed E-state index contributed by atoms with van der Waals surface area (Å²) in [6.07, 6.45) is 4.67. The number of nitrogens with two attached hydrogens (primary N) is 1. The molecule has 122 valence electrons. The number of likely N-dealkylation sites (N-methyl/N-ethyl adjacent to an activating group) is 1. The lowest BCUT2D eigenvalue weighted by atomic mass is 9.92. The Balaban J connectivity index is 1.73. The van der Waals surface area contributed by atoms with Crippen molar-refractivity contribution in [2.75, 3.05) is 7.05 Å². The van der Waals surface area contributed by atoms with Crippen LogP contribution in [0, 0.1) is 0 Å². The smallest absolute Gasteiger partial charge is 0.247 e. The summed E-state index contributed by atoms with van der Waals surface area (Å²) in [6.45, 7) is 2.30. The van der Waals surface area contributed by atoms with Crippen molar-refractivity contribution in [2.45, 2.75) is 44.7 Å². The first-order valence-electron chi connectivity index (χ1n) is 8.06. The first kappa shape index (κ1) is 16.1. The lowest BCUT2D eigenvalue weighted by Gasteiger charge is -2.29. The second-order valence-electron chi connectivity index (χ2n) is 6.41. The number of rotatable bonds is 4. The normalized spacial score (nSPS) is 16.5. The fraction of sp³-hybridized carbons (Fsp3) is 0.444. The number of amides is 1. The molecule has 2 aromatic rings. The third-order valence-corrected chi connectivity index (χ3v) is 5.57. The van der Waals surface area contributed by atoms with Gasteiger partial charge in [-0.1, -0.05) is 30.3 Å². The zero-order valence-corrected chi connectivity index (χ0v) is 14.5. The summed E-state index contributed by atoms with van der Waals surface area (Å²) >= 11 is 1.74. The van der Waals surface area contributed by atoms with Crippen LogP contribution >= 0.6 is 11.3 Å². The van der Waals surface area contributed by atoms with E-state index >= 15 is 0 Å². The molecule has 1 aliphatic rings. The van der Waals surface area contributed by atoms with Crippen LogP contribution in [0.5, 0.6) is 0 Å². The van der Waals surface area contributed by atoms with Crippen LogP contribution in [-0.2, 0) is 29.7 Å². The average molecular weight is 329 g/mol. The Morgan fingerprint density at radius 2 is 2.00 bits per heavy atom. The summed E-state index contributed by atoms with van der Waals surface area (Å²) < 4.78 is 0. The van der Waals surface area contributed by atoms with Crippen LogP contribution in [0.15, 0.2) is 30.3 Å². The quantitative estimate of drug-likeness (QED) is 0.938. The minimum absolute atomic E-state index is 0.0862. The highest BCUT2D eigenvalue weighted by Gasteiger charge is 2.33. The number of hydrogen-bond donors (Lipinski definition) is 1. The van der Waals surface area contributed by atoms with Gasteiger partial charge in [0.2, 0.25) is 5.91 Å². The van der Waals surface area contributed by atoms with Crippen LogP contribution in [-0.4, -0.2) is 22.8 Å². The molecule has 2 N–H and O–H groups in total. The van der Waals surface area contributed by atoms with Crippen molar-refractivity contribution in [3.05, 3.63) is 51.5 Å². The van der Waals surface area contributed by atoms with E-state index in [0.29, 0.717) is 6.54 Å². The molecule has 1 unspecified atom stereocenters. The lowest BCUT2D eigenvalue weighted by Crippen LogP contribution is -2.49. The number of aromatic nitrogens is 1. The zero-order valence-electron chi connectivity index (χ0n) is 13.7. The fourth-order valence-electron chi connectivity index (χ4n) is 3.05. The molecule has 0 aliphatic heterocycles. The Hall–Kier alpha value is -1.72. The van der Waals surface area contributed by atoms with Gasteiger partial charge < -0.3 is 10.6 Å². The van der Waals surface area contributed by atoms with Crippen LogP contribution < -0.4 is 5.73 Å². The summed E-state index contributed by atoms with van der Waals surface area (Å²) in [6, 6.07) is 9.53. The van der Waals surface area contributed by atoms with Crippen LogP contribution in [0.2, 0.25) is 0 Å².